The van der Waals surface area contributed by atoms with Crippen LogP contribution in [0.2, 0.25) is 0 Å². The minimum Gasteiger partial charge on any atom is -0.488 e. The molecule has 0 saturated carbocycles. The Balaban J connectivity index is 3.00. The van der Waals surface area contributed by atoms with E-state index in [9.17, 15) is 18.0 Å². The largest absolute Gasteiger partial charge is 0.488 e. The Morgan fingerprint density at radius 3 is 2.56 bits per heavy atom. The number of aldehydes is 1. The first-order valence-electron chi connectivity index (χ1n) is 4.87. The Bertz CT molecular complexity index is 391. The van der Waals surface area contributed by atoms with Crippen molar-refractivity contribution in [2.45, 2.75) is 19.8 Å². The average molecular weight is 232 g/mol. The third-order valence-electron chi connectivity index (χ3n) is 2.02. The van der Waals surface area contributed by atoms with Gasteiger partial charge in [-0.25, -0.2) is 8.78 Å². The molecule has 0 bridgehead atoms. The van der Waals surface area contributed by atoms with E-state index < -0.39 is 28.8 Å². The van der Waals surface area contributed by atoms with E-state index in [0.717, 1.165) is 6.42 Å². The van der Waals surface area contributed by atoms with Crippen LogP contribution < -0.4 is 4.74 Å². The number of benzene rings is 1. The second-order valence-corrected chi connectivity index (χ2v) is 3.22. The zero-order valence-corrected chi connectivity index (χ0v) is 8.73. The lowest BCUT2D eigenvalue weighted by molar-refractivity contribution is 0.111. The van der Waals surface area contributed by atoms with Gasteiger partial charge in [0.05, 0.1) is 12.2 Å². The molecule has 1 rings (SSSR count). The summed E-state index contributed by atoms with van der Waals surface area (Å²) in [5.41, 5.74) is -0.655. The Morgan fingerprint density at radius 1 is 1.31 bits per heavy atom. The SMILES string of the molecule is CCCCOc1c(F)cc(C=O)c(F)c1F. The smallest absolute Gasteiger partial charge is 0.204 e. The molecule has 0 N–H and O–H groups in total. The van der Waals surface area contributed by atoms with Gasteiger partial charge in [-0.3, -0.25) is 4.79 Å². The van der Waals surface area contributed by atoms with Crippen molar-refractivity contribution in [3.8, 4) is 5.75 Å². The number of ether oxygens (including phenoxy) is 1. The highest BCUT2D eigenvalue weighted by Gasteiger charge is 2.19. The first-order chi connectivity index (χ1) is 7.61. The van der Waals surface area contributed by atoms with Gasteiger partial charge in [0.25, 0.3) is 0 Å². The van der Waals surface area contributed by atoms with E-state index >= 15 is 0 Å². The fraction of sp³-hybridized carbons (Fsp3) is 0.364. The molecule has 0 aliphatic heterocycles. The lowest BCUT2D eigenvalue weighted by Gasteiger charge is -2.09. The highest BCUT2D eigenvalue weighted by molar-refractivity contribution is 5.75. The van der Waals surface area contributed by atoms with Crippen LogP contribution in [0.4, 0.5) is 13.2 Å². The molecule has 0 radical (unpaired) electrons. The van der Waals surface area contributed by atoms with Gasteiger partial charge in [0.1, 0.15) is 0 Å². The maximum absolute atomic E-state index is 13.2. The molecule has 0 spiro atoms. The summed E-state index contributed by atoms with van der Waals surface area (Å²) in [5.74, 6) is -4.69. The van der Waals surface area contributed by atoms with Crippen LogP contribution in [0.25, 0.3) is 0 Å². The summed E-state index contributed by atoms with van der Waals surface area (Å²) in [6.45, 7) is 1.98. The van der Waals surface area contributed by atoms with E-state index in [1.807, 2.05) is 6.92 Å². The van der Waals surface area contributed by atoms with Crippen molar-refractivity contribution in [2.75, 3.05) is 6.61 Å². The monoisotopic (exact) mass is 232 g/mol. The molecular formula is C11H11F3O2. The summed E-state index contributed by atoms with van der Waals surface area (Å²) >= 11 is 0. The maximum atomic E-state index is 13.2. The van der Waals surface area contributed by atoms with Gasteiger partial charge in [0, 0.05) is 0 Å². The average Bonchev–Trinajstić information content (AvgIpc) is 2.28. The first kappa shape index (κ1) is 12.5. The summed E-state index contributed by atoms with van der Waals surface area (Å²) in [4.78, 5) is 10.3. The van der Waals surface area contributed by atoms with Crippen molar-refractivity contribution in [1.82, 2.24) is 0 Å². The Hall–Kier alpha value is -1.52. The predicted molar refractivity (Wildman–Crippen MR) is 52.1 cm³/mol. The Morgan fingerprint density at radius 2 is 2.00 bits per heavy atom. The van der Waals surface area contributed by atoms with Crippen LogP contribution in [-0.2, 0) is 0 Å². The molecule has 0 aromatic heterocycles. The number of carbonyl (C=O) groups excluding carboxylic acids is 1. The molecular weight excluding hydrogens is 221 g/mol. The summed E-state index contributed by atoms with van der Waals surface area (Å²) in [6, 6.07) is 0.618. The van der Waals surface area contributed by atoms with Crippen molar-refractivity contribution < 1.29 is 22.7 Å². The van der Waals surface area contributed by atoms with Crippen LogP contribution in [-0.4, -0.2) is 12.9 Å². The molecule has 1 aromatic carbocycles. The molecule has 0 saturated heterocycles. The number of unbranched alkanes of at least 4 members (excludes halogenated alkanes) is 1. The van der Waals surface area contributed by atoms with E-state index in [1.54, 1.807) is 0 Å². The molecule has 0 heterocycles. The molecule has 5 heteroatoms. The van der Waals surface area contributed by atoms with E-state index in [1.165, 1.54) is 0 Å². The van der Waals surface area contributed by atoms with E-state index in [4.69, 9.17) is 4.74 Å². The van der Waals surface area contributed by atoms with Crippen LogP contribution in [0.1, 0.15) is 30.1 Å². The minimum absolute atomic E-state index is 0.0529. The molecule has 0 aliphatic rings. The summed E-state index contributed by atoms with van der Waals surface area (Å²) < 4.78 is 44.3. The number of halogens is 3. The molecule has 1 aromatic rings. The van der Waals surface area contributed by atoms with Gasteiger partial charge < -0.3 is 4.74 Å². The van der Waals surface area contributed by atoms with Gasteiger partial charge in [-0.1, -0.05) is 13.3 Å². The standard InChI is InChI=1S/C11H11F3O2/c1-2-3-4-16-11-8(12)5-7(6-15)9(13)10(11)14/h5-6H,2-4H2,1H3. The second-order valence-electron chi connectivity index (χ2n) is 3.22. The van der Waals surface area contributed by atoms with Gasteiger partial charge in [0.2, 0.25) is 5.82 Å². The predicted octanol–water partition coefficient (Wildman–Crippen LogP) is 3.10. The number of hydrogen-bond donors (Lipinski definition) is 0. The van der Waals surface area contributed by atoms with Crippen LogP contribution in [0, 0.1) is 17.5 Å². The van der Waals surface area contributed by atoms with Gasteiger partial charge >= 0.3 is 0 Å². The van der Waals surface area contributed by atoms with Crippen molar-refractivity contribution >= 4 is 6.29 Å². The van der Waals surface area contributed by atoms with Gasteiger partial charge in [-0.05, 0) is 12.5 Å². The van der Waals surface area contributed by atoms with Crippen molar-refractivity contribution in [3.63, 3.8) is 0 Å². The fourth-order valence-electron chi connectivity index (χ4n) is 1.13. The number of carbonyl (C=O) groups is 1. The highest BCUT2D eigenvalue weighted by Crippen LogP contribution is 2.26. The quantitative estimate of drug-likeness (QED) is 0.443. The topological polar surface area (TPSA) is 26.3 Å². The molecule has 0 unspecified atom stereocenters. The van der Waals surface area contributed by atoms with Crippen molar-refractivity contribution in [2.24, 2.45) is 0 Å². The maximum Gasteiger partial charge on any atom is 0.204 e. The lowest BCUT2D eigenvalue weighted by Crippen LogP contribution is -2.05. The summed E-state index contributed by atoms with van der Waals surface area (Å²) in [7, 11) is 0. The highest BCUT2D eigenvalue weighted by atomic mass is 19.2. The number of rotatable bonds is 5. The van der Waals surface area contributed by atoms with Crippen LogP contribution in [0.3, 0.4) is 0 Å². The molecule has 0 aliphatic carbocycles. The van der Waals surface area contributed by atoms with Crippen LogP contribution in [0.5, 0.6) is 5.75 Å². The zero-order valence-electron chi connectivity index (χ0n) is 8.73. The Labute approximate surface area is 91.0 Å². The third-order valence-corrected chi connectivity index (χ3v) is 2.02. The molecule has 0 amide bonds. The first-order valence-corrected chi connectivity index (χ1v) is 4.87. The Kier molecular flexibility index (Phi) is 4.34. The molecule has 16 heavy (non-hydrogen) atoms. The third kappa shape index (κ3) is 2.53. The summed E-state index contributed by atoms with van der Waals surface area (Å²) in [6.07, 6.45) is 1.45. The lowest BCUT2D eigenvalue weighted by atomic mass is 10.2. The van der Waals surface area contributed by atoms with E-state index in [0.29, 0.717) is 12.5 Å². The second kappa shape index (κ2) is 5.53. The van der Waals surface area contributed by atoms with Gasteiger partial charge in [0.15, 0.2) is 23.7 Å². The number of hydrogen-bond acceptors (Lipinski definition) is 2. The van der Waals surface area contributed by atoms with E-state index in [2.05, 4.69) is 0 Å². The van der Waals surface area contributed by atoms with Crippen molar-refractivity contribution in [3.05, 3.63) is 29.1 Å². The molecule has 0 atom stereocenters. The molecule has 0 fully saturated rings. The van der Waals surface area contributed by atoms with Gasteiger partial charge in [-0.15, -0.1) is 0 Å². The molecule has 2 nitrogen and oxygen atoms in total. The normalized spacial score (nSPS) is 10.2. The summed E-state index contributed by atoms with van der Waals surface area (Å²) in [5, 5.41) is 0. The zero-order chi connectivity index (χ0) is 12.1. The van der Waals surface area contributed by atoms with Crippen LogP contribution >= 0.6 is 0 Å². The fourth-order valence-corrected chi connectivity index (χ4v) is 1.13. The van der Waals surface area contributed by atoms with E-state index in [-0.39, 0.29) is 12.9 Å². The molecule has 88 valence electrons. The van der Waals surface area contributed by atoms with Crippen LogP contribution in [0.15, 0.2) is 6.07 Å². The van der Waals surface area contributed by atoms with Crippen molar-refractivity contribution in [1.29, 1.82) is 0 Å². The van der Waals surface area contributed by atoms with Gasteiger partial charge in [-0.2, -0.15) is 4.39 Å². The minimum atomic E-state index is -1.46.